The van der Waals surface area contributed by atoms with Gasteiger partial charge in [0.2, 0.25) is 0 Å². The molecule has 0 aromatic heterocycles. The van der Waals surface area contributed by atoms with E-state index < -0.39 is 12.1 Å². The summed E-state index contributed by atoms with van der Waals surface area (Å²) in [6, 6.07) is 10.9. The minimum atomic E-state index is -0.826. The van der Waals surface area contributed by atoms with Crippen molar-refractivity contribution in [1.82, 2.24) is 0 Å². The first-order valence-electron chi connectivity index (χ1n) is 6.31. The van der Waals surface area contributed by atoms with Crippen molar-refractivity contribution in [3.8, 4) is 11.1 Å². The van der Waals surface area contributed by atoms with Crippen molar-refractivity contribution >= 4 is 5.97 Å². The Morgan fingerprint density at radius 3 is 2.65 bits per heavy atom. The van der Waals surface area contributed by atoms with E-state index in [0.717, 1.165) is 16.7 Å². The normalized spacial score (nSPS) is 15.7. The summed E-state index contributed by atoms with van der Waals surface area (Å²) < 4.78 is 4.72. The number of benzene rings is 2. The van der Waals surface area contributed by atoms with Gasteiger partial charge in [0.15, 0.2) is 0 Å². The minimum absolute atomic E-state index is 0.292. The number of hydrogen-bond donors (Lipinski definition) is 2. The van der Waals surface area contributed by atoms with Gasteiger partial charge < -0.3 is 14.9 Å². The van der Waals surface area contributed by atoms with Gasteiger partial charge >= 0.3 is 5.97 Å². The fraction of sp³-hybridized carbons (Fsp3) is 0.188. The maximum absolute atomic E-state index is 11.8. The molecule has 0 heterocycles. The van der Waals surface area contributed by atoms with E-state index in [4.69, 9.17) is 4.74 Å². The van der Waals surface area contributed by atoms with Crippen LogP contribution in [0.15, 0.2) is 36.4 Å². The zero-order valence-corrected chi connectivity index (χ0v) is 11.0. The highest BCUT2D eigenvalue weighted by molar-refractivity contribution is 5.94. The molecule has 4 nitrogen and oxygen atoms in total. The Labute approximate surface area is 116 Å². The number of aliphatic hydroxyl groups is 2. The lowest BCUT2D eigenvalue weighted by atomic mass is 9.95. The van der Waals surface area contributed by atoms with Crippen molar-refractivity contribution in [1.29, 1.82) is 0 Å². The molecule has 4 heteroatoms. The second-order valence-corrected chi connectivity index (χ2v) is 4.69. The average Bonchev–Trinajstić information content (AvgIpc) is 2.79. The molecule has 2 aromatic rings. The monoisotopic (exact) mass is 270 g/mol. The summed E-state index contributed by atoms with van der Waals surface area (Å²) in [6.45, 7) is -0.321. The summed E-state index contributed by atoms with van der Waals surface area (Å²) in [4.78, 5) is 11.8. The molecule has 102 valence electrons. The van der Waals surface area contributed by atoms with Crippen LogP contribution in [0.5, 0.6) is 0 Å². The van der Waals surface area contributed by atoms with Crippen LogP contribution in [0.4, 0.5) is 0 Å². The van der Waals surface area contributed by atoms with Crippen LogP contribution >= 0.6 is 0 Å². The maximum Gasteiger partial charge on any atom is 0.338 e. The van der Waals surface area contributed by atoms with E-state index in [1.54, 1.807) is 12.1 Å². The third-order valence-corrected chi connectivity index (χ3v) is 3.74. The van der Waals surface area contributed by atoms with Crippen LogP contribution < -0.4 is 0 Å². The van der Waals surface area contributed by atoms with Gasteiger partial charge in [-0.2, -0.15) is 0 Å². The van der Waals surface area contributed by atoms with Gasteiger partial charge in [-0.3, -0.25) is 0 Å². The second-order valence-electron chi connectivity index (χ2n) is 4.69. The Morgan fingerprint density at radius 1 is 1.20 bits per heavy atom. The molecule has 1 aliphatic rings. The molecule has 2 N–H and O–H groups in total. The highest BCUT2D eigenvalue weighted by atomic mass is 16.5. The second kappa shape index (κ2) is 4.74. The Hall–Kier alpha value is -2.17. The number of hydrogen-bond acceptors (Lipinski definition) is 4. The lowest BCUT2D eigenvalue weighted by Gasteiger charge is -2.14. The molecule has 0 saturated carbocycles. The number of carbonyl (C=O) groups excluding carboxylic acids is 1. The number of fused-ring (bicyclic) bond motifs is 3. The van der Waals surface area contributed by atoms with Gasteiger partial charge in [0.1, 0.15) is 6.10 Å². The maximum atomic E-state index is 11.8. The first kappa shape index (κ1) is 12.8. The number of carbonyl (C=O) groups is 1. The van der Waals surface area contributed by atoms with E-state index >= 15 is 0 Å². The molecule has 0 saturated heterocycles. The van der Waals surface area contributed by atoms with Crippen LogP contribution in [0.1, 0.15) is 33.2 Å². The highest BCUT2D eigenvalue weighted by Gasteiger charge is 2.31. The molecule has 0 bridgehead atoms. The third kappa shape index (κ3) is 1.66. The zero-order chi connectivity index (χ0) is 14.3. The van der Waals surface area contributed by atoms with Crippen molar-refractivity contribution in [3.63, 3.8) is 0 Å². The van der Waals surface area contributed by atoms with E-state index in [9.17, 15) is 15.0 Å². The standard InChI is InChI=1S/C16H14O4/c1-20-16(19)12-7-6-10-9-4-2-3-5-11(9)15(18)14(10)13(12)8-17/h2-7,15,17-18H,8H2,1H3. The molecule has 1 atom stereocenters. The minimum Gasteiger partial charge on any atom is -0.465 e. The molecule has 1 unspecified atom stereocenters. The van der Waals surface area contributed by atoms with Crippen molar-refractivity contribution < 1.29 is 19.7 Å². The molecule has 0 fully saturated rings. The summed E-state index contributed by atoms with van der Waals surface area (Å²) in [5.41, 5.74) is 3.89. The summed E-state index contributed by atoms with van der Waals surface area (Å²) in [5, 5.41) is 20.1. The summed E-state index contributed by atoms with van der Waals surface area (Å²) >= 11 is 0. The first-order chi connectivity index (χ1) is 9.69. The van der Waals surface area contributed by atoms with E-state index in [1.165, 1.54) is 7.11 Å². The van der Waals surface area contributed by atoms with Gasteiger partial charge in [-0.25, -0.2) is 4.79 Å². The van der Waals surface area contributed by atoms with Gasteiger partial charge in [-0.15, -0.1) is 0 Å². The molecule has 0 amide bonds. The van der Waals surface area contributed by atoms with E-state index in [1.807, 2.05) is 24.3 Å². The number of methoxy groups -OCH3 is 1. The molecule has 0 spiro atoms. The van der Waals surface area contributed by atoms with E-state index in [0.29, 0.717) is 16.7 Å². The molecular weight excluding hydrogens is 256 g/mol. The van der Waals surface area contributed by atoms with Gasteiger partial charge in [-0.05, 0) is 33.9 Å². The molecule has 2 aromatic carbocycles. The molecule has 0 radical (unpaired) electrons. The van der Waals surface area contributed by atoms with E-state index in [-0.39, 0.29) is 6.61 Å². The van der Waals surface area contributed by atoms with Crippen molar-refractivity contribution in [2.45, 2.75) is 12.7 Å². The Kier molecular flexibility index (Phi) is 3.04. The van der Waals surface area contributed by atoms with Crippen molar-refractivity contribution in [2.75, 3.05) is 7.11 Å². The first-order valence-corrected chi connectivity index (χ1v) is 6.31. The van der Waals surface area contributed by atoms with Crippen LogP contribution in [0.25, 0.3) is 11.1 Å². The number of esters is 1. The molecule has 3 rings (SSSR count). The molecule has 0 aliphatic heterocycles. The van der Waals surface area contributed by atoms with Crippen LogP contribution in [-0.2, 0) is 11.3 Å². The SMILES string of the molecule is COC(=O)c1ccc2c(c1CO)C(O)c1ccccc1-2. The van der Waals surface area contributed by atoms with Gasteiger partial charge in [0.05, 0.1) is 19.3 Å². The predicted octanol–water partition coefficient (Wildman–Crippen LogP) is 2.03. The fourth-order valence-corrected chi connectivity index (χ4v) is 2.82. The third-order valence-electron chi connectivity index (χ3n) is 3.74. The number of ether oxygens (including phenoxy) is 1. The summed E-state index contributed by atoms with van der Waals surface area (Å²) in [7, 11) is 1.29. The Bertz CT molecular complexity index is 691. The molecule has 1 aliphatic carbocycles. The van der Waals surface area contributed by atoms with Crippen molar-refractivity contribution in [3.05, 3.63) is 58.7 Å². The van der Waals surface area contributed by atoms with Crippen LogP contribution in [-0.4, -0.2) is 23.3 Å². The largest absolute Gasteiger partial charge is 0.465 e. The van der Waals surface area contributed by atoms with Gasteiger partial charge in [0, 0.05) is 0 Å². The summed E-state index contributed by atoms with van der Waals surface area (Å²) in [6.07, 6.45) is -0.826. The lowest BCUT2D eigenvalue weighted by molar-refractivity contribution is 0.0596. The van der Waals surface area contributed by atoms with Crippen LogP contribution in [0.2, 0.25) is 0 Å². The topological polar surface area (TPSA) is 66.8 Å². The quantitative estimate of drug-likeness (QED) is 0.819. The van der Waals surface area contributed by atoms with Crippen LogP contribution in [0.3, 0.4) is 0 Å². The number of rotatable bonds is 2. The van der Waals surface area contributed by atoms with E-state index in [2.05, 4.69) is 0 Å². The predicted molar refractivity (Wildman–Crippen MR) is 73.2 cm³/mol. The Balaban J connectivity index is 2.27. The average molecular weight is 270 g/mol. The van der Waals surface area contributed by atoms with Gasteiger partial charge in [-0.1, -0.05) is 30.3 Å². The fourth-order valence-electron chi connectivity index (χ4n) is 2.82. The van der Waals surface area contributed by atoms with Crippen molar-refractivity contribution in [2.24, 2.45) is 0 Å². The smallest absolute Gasteiger partial charge is 0.338 e. The molecule has 20 heavy (non-hydrogen) atoms. The highest BCUT2D eigenvalue weighted by Crippen LogP contribution is 2.45. The van der Waals surface area contributed by atoms with Gasteiger partial charge in [0.25, 0.3) is 0 Å². The molecular formula is C16H14O4. The summed E-state index contributed by atoms with van der Waals surface area (Å²) in [5.74, 6) is -0.514. The number of aliphatic hydroxyl groups excluding tert-OH is 2. The Morgan fingerprint density at radius 2 is 1.95 bits per heavy atom. The zero-order valence-electron chi connectivity index (χ0n) is 11.0. The lowest BCUT2D eigenvalue weighted by Crippen LogP contribution is -2.10. The van der Waals surface area contributed by atoms with Crippen LogP contribution in [0, 0.1) is 0 Å².